The number of nitro groups is 1. The number of carbonyl (C=O) groups is 3. The molecule has 0 aliphatic rings. The third kappa shape index (κ3) is 7.05. The third-order valence-electron chi connectivity index (χ3n) is 2.94. The highest BCUT2D eigenvalue weighted by Gasteiger charge is 2.16. The quantitative estimate of drug-likeness (QED) is 0.196. The van der Waals surface area contributed by atoms with Gasteiger partial charge in [-0.1, -0.05) is 12.1 Å². The summed E-state index contributed by atoms with van der Waals surface area (Å²) in [6, 6.07) is 5.69. The van der Waals surface area contributed by atoms with Gasteiger partial charge >= 0.3 is 11.8 Å². The topological polar surface area (TPSA) is 152 Å². The average Bonchev–Trinajstić information content (AvgIpc) is 2.59. The van der Waals surface area contributed by atoms with Gasteiger partial charge in [-0.2, -0.15) is 5.10 Å². The van der Waals surface area contributed by atoms with Gasteiger partial charge in [0, 0.05) is 25.4 Å². The Balaban J connectivity index is 2.54. The minimum Gasteiger partial charge on any atom is -0.383 e. The van der Waals surface area contributed by atoms with Crippen molar-refractivity contribution in [3.05, 3.63) is 34.4 Å². The molecule has 3 N–H and O–H groups in total. The molecule has 1 rings (SSSR count). The Bertz CT molecular complexity index is 718. The minimum absolute atomic E-state index is 0.0526. The number of para-hydroxylation sites is 2. The first-order valence-electron chi connectivity index (χ1n) is 7.48. The molecular weight excluding hydrogens is 346 g/mol. The number of benzene rings is 1. The largest absolute Gasteiger partial charge is 0.383 e. The molecule has 0 heterocycles. The van der Waals surface area contributed by atoms with E-state index in [-0.39, 0.29) is 36.7 Å². The molecule has 11 nitrogen and oxygen atoms in total. The number of carbonyl (C=O) groups excluding carboxylic acids is 3. The van der Waals surface area contributed by atoms with Crippen LogP contribution in [-0.2, 0) is 19.1 Å². The second kappa shape index (κ2) is 10.5. The van der Waals surface area contributed by atoms with Crippen molar-refractivity contribution in [2.24, 2.45) is 5.10 Å². The minimum atomic E-state index is -0.987. The van der Waals surface area contributed by atoms with Crippen LogP contribution in [0.2, 0.25) is 0 Å². The lowest BCUT2D eigenvalue weighted by Gasteiger charge is -2.06. The van der Waals surface area contributed by atoms with E-state index < -0.39 is 22.6 Å². The van der Waals surface area contributed by atoms with Crippen molar-refractivity contribution in [3.63, 3.8) is 0 Å². The van der Waals surface area contributed by atoms with Crippen molar-refractivity contribution >= 4 is 34.8 Å². The number of rotatable bonds is 8. The first kappa shape index (κ1) is 20.7. The van der Waals surface area contributed by atoms with Crippen LogP contribution in [0.4, 0.5) is 11.4 Å². The molecule has 0 spiro atoms. The van der Waals surface area contributed by atoms with Gasteiger partial charge in [0.25, 0.3) is 5.69 Å². The fourth-order valence-corrected chi connectivity index (χ4v) is 1.75. The number of methoxy groups -OCH3 is 1. The smallest absolute Gasteiger partial charge is 0.329 e. The summed E-state index contributed by atoms with van der Waals surface area (Å²) in [4.78, 5) is 45.1. The summed E-state index contributed by atoms with van der Waals surface area (Å²) in [5.41, 5.74) is 2.04. The normalized spacial score (nSPS) is 10.8. The molecule has 0 saturated heterocycles. The van der Waals surface area contributed by atoms with Gasteiger partial charge < -0.3 is 15.4 Å². The number of nitrogens with one attached hydrogen (secondary N) is 3. The third-order valence-corrected chi connectivity index (χ3v) is 2.94. The van der Waals surface area contributed by atoms with E-state index in [1.54, 1.807) is 6.07 Å². The lowest BCUT2D eigenvalue weighted by Crippen LogP contribution is -2.39. The van der Waals surface area contributed by atoms with Crippen LogP contribution in [0, 0.1) is 10.1 Å². The van der Waals surface area contributed by atoms with Crippen molar-refractivity contribution in [1.82, 2.24) is 10.7 Å². The molecule has 0 aliphatic heterocycles. The van der Waals surface area contributed by atoms with Crippen LogP contribution in [-0.4, -0.2) is 48.6 Å². The van der Waals surface area contributed by atoms with Crippen LogP contribution in [0.3, 0.4) is 0 Å². The van der Waals surface area contributed by atoms with E-state index in [4.69, 9.17) is 4.74 Å². The van der Waals surface area contributed by atoms with Crippen LogP contribution < -0.4 is 16.1 Å². The highest BCUT2D eigenvalue weighted by atomic mass is 16.6. The molecule has 0 unspecified atom stereocenters. The Kier molecular flexibility index (Phi) is 8.37. The predicted molar refractivity (Wildman–Crippen MR) is 92.5 cm³/mol. The van der Waals surface area contributed by atoms with Crippen LogP contribution in [0.5, 0.6) is 0 Å². The monoisotopic (exact) mass is 365 g/mol. The van der Waals surface area contributed by atoms with E-state index in [2.05, 4.69) is 15.7 Å². The Labute approximate surface area is 148 Å². The van der Waals surface area contributed by atoms with Gasteiger partial charge in [0.15, 0.2) is 0 Å². The zero-order valence-corrected chi connectivity index (χ0v) is 14.3. The number of ether oxygens (including phenoxy) is 1. The Hall–Kier alpha value is -3.34. The molecule has 0 radical (unpaired) electrons. The van der Waals surface area contributed by atoms with E-state index in [1.807, 2.05) is 5.43 Å². The number of anilines is 1. The van der Waals surface area contributed by atoms with E-state index in [0.717, 1.165) is 0 Å². The lowest BCUT2D eigenvalue weighted by atomic mass is 10.2. The van der Waals surface area contributed by atoms with E-state index >= 15 is 0 Å². The molecule has 0 saturated carbocycles. The maximum atomic E-state index is 11.9. The van der Waals surface area contributed by atoms with Gasteiger partial charge in [-0.3, -0.25) is 24.5 Å². The zero-order chi connectivity index (χ0) is 19.5. The van der Waals surface area contributed by atoms with E-state index in [1.165, 1.54) is 32.2 Å². The molecule has 0 atom stereocenters. The Morgan fingerprint density at radius 1 is 1.23 bits per heavy atom. The molecule has 140 valence electrons. The van der Waals surface area contributed by atoms with Crippen molar-refractivity contribution in [1.29, 1.82) is 0 Å². The van der Waals surface area contributed by atoms with Gasteiger partial charge in [-0.15, -0.1) is 0 Å². The fourth-order valence-electron chi connectivity index (χ4n) is 1.75. The van der Waals surface area contributed by atoms with Crippen molar-refractivity contribution in [2.75, 3.05) is 25.6 Å². The average molecular weight is 365 g/mol. The molecule has 0 aliphatic carbocycles. The second-order valence-corrected chi connectivity index (χ2v) is 5.04. The second-order valence-electron chi connectivity index (χ2n) is 5.04. The molecule has 0 bridgehead atoms. The summed E-state index contributed by atoms with van der Waals surface area (Å²) in [6.07, 6.45) is -0.225. The molecule has 26 heavy (non-hydrogen) atoms. The van der Waals surface area contributed by atoms with Gasteiger partial charge in [0.2, 0.25) is 5.91 Å². The van der Waals surface area contributed by atoms with Gasteiger partial charge in [0.05, 0.1) is 18.0 Å². The summed E-state index contributed by atoms with van der Waals surface area (Å²) in [7, 11) is 1.45. The molecule has 11 heteroatoms. The fraction of sp³-hybridized carbons (Fsp3) is 0.333. The standard InChI is InChI=1S/C15H19N5O6/c1-10(18-19-15(23)14(22)16-7-8-26-2)9-13(21)17-11-5-3-4-6-12(11)20(24)25/h3-6H,7-9H2,1-2H3,(H,16,22)(H,17,21)(H,19,23). The first-order valence-corrected chi connectivity index (χ1v) is 7.48. The molecular formula is C15H19N5O6. The number of hydrogen-bond donors (Lipinski definition) is 3. The summed E-state index contributed by atoms with van der Waals surface area (Å²) < 4.78 is 4.73. The van der Waals surface area contributed by atoms with Crippen molar-refractivity contribution < 1.29 is 24.0 Å². The Morgan fingerprint density at radius 3 is 2.58 bits per heavy atom. The van der Waals surface area contributed by atoms with E-state index in [0.29, 0.717) is 0 Å². The number of nitro benzene ring substituents is 1. The molecule has 0 aromatic heterocycles. The van der Waals surface area contributed by atoms with Gasteiger partial charge in [-0.25, -0.2) is 5.43 Å². The molecule has 1 aromatic carbocycles. The number of nitrogens with zero attached hydrogens (tertiary/aromatic N) is 2. The van der Waals surface area contributed by atoms with Crippen LogP contribution in [0.15, 0.2) is 29.4 Å². The van der Waals surface area contributed by atoms with Gasteiger partial charge in [0.1, 0.15) is 5.69 Å². The van der Waals surface area contributed by atoms with Crippen LogP contribution in [0.1, 0.15) is 13.3 Å². The molecule has 0 fully saturated rings. The Morgan fingerprint density at radius 2 is 1.92 bits per heavy atom. The first-order chi connectivity index (χ1) is 12.3. The number of hydrazone groups is 1. The van der Waals surface area contributed by atoms with Gasteiger partial charge in [-0.05, 0) is 13.0 Å². The van der Waals surface area contributed by atoms with Crippen LogP contribution >= 0.6 is 0 Å². The maximum absolute atomic E-state index is 11.9. The van der Waals surface area contributed by atoms with Crippen molar-refractivity contribution in [3.8, 4) is 0 Å². The maximum Gasteiger partial charge on any atom is 0.329 e. The van der Waals surface area contributed by atoms with Crippen LogP contribution in [0.25, 0.3) is 0 Å². The SMILES string of the molecule is COCCNC(=O)C(=O)NN=C(C)CC(=O)Nc1ccccc1[N+](=O)[O-]. The molecule has 3 amide bonds. The lowest BCUT2D eigenvalue weighted by molar-refractivity contribution is -0.383. The summed E-state index contributed by atoms with van der Waals surface area (Å²) in [5.74, 6) is -2.43. The highest BCUT2D eigenvalue weighted by molar-refractivity contribution is 6.35. The zero-order valence-electron chi connectivity index (χ0n) is 14.3. The summed E-state index contributed by atoms with van der Waals surface area (Å²) in [5, 5.41) is 19.3. The predicted octanol–water partition coefficient (Wildman–Crippen LogP) is 0.178. The summed E-state index contributed by atoms with van der Waals surface area (Å²) in [6.45, 7) is 1.89. The number of amides is 3. The summed E-state index contributed by atoms with van der Waals surface area (Å²) >= 11 is 0. The van der Waals surface area contributed by atoms with E-state index in [9.17, 15) is 24.5 Å². The molecule has 1 aromatic rings. The highest BCUT2D eigenvalue weighted by Crippen LogP contribution is 2.23. The van der Waals surface area contributed by atoms with Crippen molar-refractivity contribution in [2.45, 2.75) is 13.3 Å². The number of hydrogen-bond acceptors (Lipinski definition) is 7.